The van der Waals surface area contributed by atoms with E-state index in [0.29, 0.717) is 22.6 Å². The molecule has 0 bridgehead atoms. The molecule has 0 spiro atoms. The first kappa shape index (κ1) is 20.2. The van der Waals surface area contributed by atoms with Gasteiger partial charge in [0, 0.05) is 12.2 Å². The number of ether oxygens (including phenoxy) is 1. The van der Waals surface area contributed by atoms with Gasteiger partial charge in [0.2, 0.25) is 20.0 Å². The third kappa shape index (κ3) is 5.20. The molecule has 0 aliphatic carbocycles. The number of hydrogen-bond donors (Lipinski definition) is 2. The molecular weight excluding hydrogens is 376 g/mol. The maximum Gasteiger partial charge on any atom is 0.241 e. The van der Waals surface area contributed by atoms with Crippen molar-refractivity contribution < 1.29 is 21.6 Å². The van der Waals surface area contributed by atoms with Gasteiger partial charge >= 0.3 is 0 Å². The van der Waals surface area contributed by atoms with E-state index in [-0.39, 0.29) is 17.2 Å². The van der Waals surface area contributed by atoms with Crippen LogP contribution in [0.4, 0.5) is 5.69 Å². The van der Waals surface area contributed by atoms with E-state index in [2.05, 4.69) is 9.44 Å². The van der Waals surface area contributed by atoms with E-state index in [4.69, 9.17) is 4.74 Å². The van der Waals surface area contributed by atoms with Crippen molar-refractivity contribution >= 4 is 25.7 Å². The molecule has 0 saturated heterocycles. The minimum Gasteiger partial charge on any atom is -0.497 e. The highest BCUT2D eigenvalue weighted by atomic mass is 32.2. The topological polar surface area (TPSA) is 102 Å². The van der Waals surface area contributed by atoms with E-state index < -0.39 is 20.0 Å². The van der Waals surface area contributed by atoms with Crippen LogP contribution in [0.3, 0.4) is 0 Å². The first-order valence-corrected chi connectivity index (χ1v) is 11.0. The Morgan fingerprint density at radius 1 is 0.962 bits per heavy atom. The lowest BCUT2D eigenvalue weighted by Gasteiger charge is -2.14. The molecule has 0 radical (unpaired) electrons. The van der Waals surface area contributed by atoms with E-state index in [1.54, 1.807) is 56.3 Å². The Labute approximate surface area is 154 Å². The van der Waals surface area contributed by atoms with Crippen molar-refractivity contribution in [2.24, 2.45) is 0 Å². The number of para-hydroxylation sites is 1. The van der Waals surface area contributed by atoms with Crippen molar-refractivity contribution in [1.82, 2.24) is 4.72 Å². The van der Waals surface area contributed by atoms with Crippen molar-refractivity contribution in [2.45, 2.75) is 18.7 Å². The second kappa shape index (κ2) is 8.07. The van der Waals surface area contributed by atoms with E-state index in [1.807, 2.05) is 0 Å². The zero-order chi connectivity index (χ0) is 19.4. The summed E-state index contributed by atoms with van der Waals surface area (Å²) in [6, 6.07) is 11.7. The molecule has 0 aliphatic rings. The molecule has 2 N–H and O–H groups in total. The van der Waals surface area contributed by atoms with Gasteiger partial charge in [-0.3, -0.25) is 4.72 Å². The van der Waals surface area contributed by atoms with Crippen LogP contribution in [0, 0.1) is 13.8 Å². The van der Waals surface area contributed by atoms with Crippen molar-refractivity contribution in [3.63, 3.8) is 0 Å². The van der Waals surface area contributed by atoms with Gasteiger partial charge in [-0.15, -0.1) is 0 Å². The summed E-state index contributed by atoms with van der Waals surface area (Å²) in [7, 11) is -6.00. The monoisotopic (exact) mass is 398 g/mol. The molecule has 0 saturated carbocycles. The fraction of sp³-hybridized carbons (Fsp3) is 0.294. The van der Waals surface area contributed by atoms with E-state index >= 15 is 0 Å². The number of anilines is 1. The number of methoxy groups -OCH3 is 1. The molecule has 142 valence electrons. The van der Waals surface area contributed by atoms with Gasteiger partial charge in [-0.2, -0.15) is 0 Å². The predicted octanol–water partition coefficient (Wildman–Crippen LogP) is 2.03. The molecule has 2 aromatic carbocycles. The average molecular weight is 399 g/mol. The highest BCUT2D eigenvalue weighted by Crippen LogP contribution is 2.25. The fourth-order valence-electron chi connectivity index (χ4n) is 2.57. The highest BCUT2D eigenvalue weighted by molar-refractivity contribution is 7.92. The summed E-state index contributed by atoms with van der Waals surface area (Å²) in [4.78, 5) is 0.131. The molecule has 0 amide bonds. The Balaban J connectivity index is 2.07. The van der Waals surface area contributed by atoms with Gasteiger partial charge < -0.3 is 4.74 Å². The third-order valence-electron chi connectivity index (χ3n) is 3.65. The summed E-state index contributed by atoms with van der Waals surface area (Å²) in [6.07, 6.45) is 0. The van der Waals surface area contributed by atoms with Gasteiger partial charge in [0.15, 0.2) is 0 Å². The van der Waals surface area contributed by atoms with Crippen LogP contribution < -0.4 is 14.2 Å². The van der Waals surface area contributed by atoms with Crippen molar-refractivity contribution in [2.75, 3.05) is 24.1 Å². The van der Waals surface area contributed by atoms with Crippen LogP contribution in [-0.4, -0.2) is 36.2 Å². The minimum absolute atomic E-state index is 0.131. The first-order valence-electron chi connectivity index (χ1n) is 7.85. The molecular formula is C17H22N2O5S2. The molecule has 0 aliphatic heterocycles. The second-order valence-corrected chi connectivity index (χ2v) is 9.32. The van der Waals surface area contributed by atoms with Gasteiger partial charge in [-0.05, 0) is 49.2 Å². The molecule has 26 heavy (non-hydrogen) atoms. The second-order valence-electron chi connectivity index (χ2n) is 5.78. The van der Waals surface area contributed by atoms with Crippen LogP contribution in [0.5, 0.6) is 5.75 Å². The molecule has 0 fully saturated rings. The third-order valence-corrected chi connectivity index (χ3v) is 6.70. The first-order chi connectivity index (χ1) is 12.1. The SMILES string of the molecule is COc1cc(C)c(S(=O)(=O)NCCS(=O)(=O)Nc2ccccc2)c(C)c1. The molecule has 9 heteroatoms. The van der Waals surface area contributed by atoms with Crippen LogP contribution in [0.15, 0.2) is 47.4 Å². The summed E-state index contributed by atoms with van der Waals surface area (Å²) in [5.41, 5.74) is 1.48. The van der Waals surface area contributed by atoms with E-state index in [0.717, 1.165) is 0 Å². The van der Waals surface area contributed by atoms with Crippen molar-refractivity contribution in [3.05, 3.63) is 53.6 Å². The average Bonchev–Trinajstić information content (AvgIpc) is 2.53. The Bertz CT molecular complexity index is 948. The lowest BCUT2D eigenvalue weighted by Crippen LogP contribution is -2.32. The summed E-state index contributed by atoms with van der Waals surface area (Å²) in [5, 5.41) is 0. The minimum atomic E-state index is -3.84. The predicted molar refractivity (Wildman–Crippen MR) is 102 cm³/mol. The van der Waals surface area contributed by atoms with Gasteiger partial charge in [-0.25, -0.2) is 21.6 Å². The molecule has 0 aromatic heterocycles. The Hall–Kier alpha value is -2.10. The lowest BCUT2D eigenvalue weighted by atomic mass is 10.1. The summed E-state index contributed by atoms with van der Waals surface area (Å²) < 4.78 is 59.1. The normalized spacial score (nSPS) is 12.0. The molecule has 0 atom stereocenters. The lowest BCUT2D eigenvalue weighted by molar-refractivity contribution is 0.413. The van der Waals surface area contributed by atoms with Crippen LogP contribution in [0.25, 0.3) is 0 Å². The molecule has 2 rings (SSSR count). The zero-order valence-electron chi connectivity index (χ0n) is 14.8. The smallest absolute Gasteiger partial charge is 0.241 e. The molecule has 2 aromatic rings. The standard InChI is InChI=1S/C17H22N2O5S2/c1-13-11-16(24-3)12-14(2)17(13)26(22,23)18-9-10-25(20,21)19-15-7-5-4-6-8-15/h4-8,11-12,18-19H,9-10H2,1-3H3. The maximum atomic E-state index is 12.6. The summed E-state index contributed by atoms with van der Waals surface area (Å²) in [5.74, 6) is 0.184. The van der Waals surface area contributed by atoms with Gasteiger partial charge in [0.1, 0.15) is 5.75 Å². The molecule has 7 nitrogen and oxygen atoms in total. The zero-order valence-corrected chi connectivity index (χ0v) is 16.4. The Morgan fingerprint density at radius 2 is 1.54 bits per heavy atom. The van der Waals surface area contributed by atoms with Gasteiger partial charge in [0.05, 0.1) is 17.8 Å². The number of sulfonamides is 2. The quantitative estimate of drug-likeness (QED) is 0.708. The van der Waals surface area contributed by atoms with Crippen LogP contribution in [-0.2, 0) is 20.0 Å². The number of aryl methyl sites for hydroxylation is 2. The van der Waals surface area contributed by atoms with Crippen LogP contribution in [0.2, 0.25) is 0 Å². The number of benzene rings is 2. The van der Waals surface area contributed by atoms with Gasteiger partial charge in [0.25, 0.3) is 0 Å². The number of rotatable bonds is 8. The largest absolute Gasteiger partial charge is 0.497 e. The fourth-order valence-corrected chi connectivity index (χ4v) is 5.15. The summed E-state index contributed by atoms with van der Waals surface area (Å²) in [6.45, 7) is 3.09. The van der Waals surface area contributed by atoms with Crippen LogP contribution >= 0.6 is 0 Å². The van der Waals surface area contributed by atoms with E-state index in [1.165, 1.54) is 7.11 Å². The van der Waals surface area contributed by atoms with Crippen molar-refractivity contribution in [3.8, 4) is 5.75 Å². The number of hydrogen-bond acceptors (Lipinski definition) is 5. The van der Waals surface area contributed by atoms with Gasteiger partial charge in [-0.1, -0.05) is 18.2 Å². The molecule has 0 heterocycles. The summed E-state index contributed by atoms with van der Waals surface area (Å²) >= 11 is 0. The molecule has 0 unspecified atom stereocenters. The number of nitrogens with one attached hydrogen (secondary N) is 2. The maximum absolute atomic E-state index is 12.6. The van der Waals surface area contributed by atoms with Crippen LogP contribution in [0.1, 0.15) is 11.1 Å². The Morgan fingerprint density at radius 3 is 2.08 bits per heavy atom. The van der Waals surface area contributed by atoms with E-state index in [9.17, 15) is 16.8 Å². The van der Waals surface area contributed by atoms with Crippen molar-refractivity contribution in [1.29, 1.82) is 0 Å². The highest BCUT2D eigenvalue weighted by Gasteiger charge is 2.21. The Kier molecular flexibility index (Phi) is 6.27.